The van der Waals surface area contributed by atoms with Gasteiger partial charge in [0, 0.05) is 0 Å². The van der Waals surface area contributed by atoms with Crippen molar-refractivity contribution in [1.82, 2.24) is 0 Å². The van der Waals surface area contributed by atoms with Gasteiger partial charge in [0.15, 0.2) is 0 Å². The van der Waals surface area contributed by atoms with Crippen LogP contribution in [0.5, 0.6) is 0 Å². The van der Waals surface area contributed by atoms with E-state index in [4.69, 9.17) is 5.26 Å². The standard InChI is InChI=1S/C6H6FNO2/c1-2-3-10-6(9)5(7)4-8/h2,5H,1,3H2. The summed E-state index contributed by atoms with van der Waals surface area (Å²) in [7, 11) is 0. The van der Waals surface area contributed by atoms with Gasteiger partial charge in [-0.25, -0.2) is 9.18 Å². The van der Waals surface area contributed by atoms with Crippen molar-refractivity contribution < 1.29 is 13.9 Å². The Kier molecular flexibility index (Phi) is 3.89. The Balaban J connectivity index is 3.64. The highest BCUT2D eigenvalue weighted by Gasteiger charge is 2.16. The Hall–Kier alpha value is -1.37. The highest BCUT2D eigenvalue weighted by Crippen LogP contribution is 1.91. The summed E-state index contributed by atoms with van der Waals surface area (Å²) >= 11 is 0. The van der Waals surface area contributed by atoms with E-state index < -0.39 is 12.1 Å². The lowest BCUT2D eigenvalue weighted by Crippen LogP contribution is -2.16. The molecule has 0 radical (unpaired) electrons. The molecule has 0 bridgehead atoms. The van der Waals surface area contributed by atoms with E-state index in [9.17, 15) is 9.18 Å². The predicted octanol–water partition coefficient (Wildman–Crippen LogP) is 0.577. The van der Waals surface area contributed by atoms with Gasteiger partial charge >= 0.3 is 5.97 Å². The topological polar surface area (TPSA) is 50.1 Å². The lowest BCUT2D eigenvalue weighted by Gasteiger charge is -1.98. The maximum Gasteiger partial charge on any atom is 0.356 e. The minimum absolute atomic E-state index is 0.0685. The SMILES string of the molecule is C=CCOC(=O)C(F)C#N. The molecule has 1 atom stereocenters. The van der Waals surface area contributed by atoms with Crippen LogP contribution in [0.4, 0.5) is 4.39 Å². The second-order valence-corrected chi connectivity index (χ2v) is 1.41. The molecule has 0 fully saturated rings. The van der Waals surface area contributed by atoms with E-state index in [0.717, 1.165) is 6.07 Å². The highest BCUT2D eigenvalue weighted by molar-refractivity contribution is 5.77. The van der Waals surface area contributed by atoms with Crippen LogP contribution in [0.25, 0.3) is 0 Å². The van der Waals surface area contributed by atoms with Gasteiger partial charge in [0.25, 0.3) is 6.17 Å². The van der Waals surface area contributed by atoms with E-state index in [1.165, 1.54) is 6.08 Å². The van der Waals surface area contributed by atoms with Crippen molar-refractivity contribution in [2.24, 2.45) is 0 Å². The summed E-state index contributed by atoms with van der Waals surface area (Å²) < 4.78 is 16.2. The summed E-state index contributed by atoms with van der Waals surface area (Å²) in [5.41, 5.74) is 0. The Morgan fingerprint density at radius 2 is 2.60 bits per heavy atom. The monoisotopic (exact) mass is 143 g/mol. The minimum Gasteiger partial charge on any atom is -0.459 e. The molecule has 4 heteroatoms. The molecule has 0 aliphatic carbocycles. The van der Waals surface area contributed by atoms with Gasteiger partial charge in [-0.1, -0.05) is 12.7 Å². The summed E-state index contributed by atoms with van der Waals surface area (Å²) in [5, 5.41) is 7.85. The van der Waals surface area contributed by atoms with Crippen molar-refractivity contribution in [3.05, 3.63) is 12.7 Å². The van der Waals surface area contributed by atoms with Gasteiger partial charge in [0.1, 0.15) is 12.7 Å². The quantitative estimate of drug-likeness (QED) is 0.429. The zero-order valence-corrected chi connectivity index (χ0v) is 5.21. The maximum absolute atomic E-state index is 12.0. The van der Waals surface area contributed by atoms with E-state index in [0.29, 0.717) is 0 Å². The lowest BCUT2D eigenvalue weighted by atomic mass is 10.4. The molecule has 0 amide bonds. The Morgan fingerprint density at radius 3 is 3.00 bits per heavy atom. The largest absolute Gasteiger partial charge is 0.459 e. The molecular weight excluding hydrogens is 137 g/mol. The number of nitrogens with zero attached hydrogens (tertiary/aromatic N) is 1. The molecule has 1 unspecified atom stereocenters. The molecular formula is C6H6FNO2. The normalized spacial score (nSPS) is 11.2. The van der Waals surface area contributed by atoms with Crippen LogP contribution < -0.4 is 0 Å². The molecule has 10 heavy (non-hydrogen) atoms. The van der Waals surface area contributed by atoms with Gasteiger partial charge in [-0.2, -0.15) is 5.26 Å². The molecule has 0 heterocycles. The second-order valence-electron chi connectivity index (χ2n) is 1.41. The van der Waals surface area contributed by atoms with Crippen LogP contribution >= 0.6 is 0 Å². The molecule has 0 aliphatic heterocycles. The van der Waals surface area contributed by atoms with Gasteiger partial charge in [-0.15, -0.1) is 0 Å². The maximum atomic E-state index is 12.0. The highest BCUT2D eigenvalue weighted by atomic mass is 19.1. The first-order chi connectivity index (χ1) is 4.72. The van der Waals surface area contributed by atoms with E-state index in [2.05, 4.69) is 11.3 Å². The number of nitriles is 1. The molecule has 0 aromatic rings. The van der Waals surface area contributed by atoms with Crippen LogP contribution in [0.15, 0.2) is 12.7 Å². The molecule has 0 aromatic carbocycles. The number of hydrogen-bond acceptors (Lipinski definition) is 3. The molecule has 0 saturated heterocycles. The first-order valence-corrected chi connectivity index (χ1v) is 2.53. The average molecular weight is 143 g/mol. The first kappa shape index (κ1) is 8.63. The Bertz CT molecular complexity index is 173. The molecule has 0 N–H and O–H groups in total. The third-order valence-electron chi connectivity index (χ3n) is 0.664. The fraction of sp³-hybridized carbons (Fsp3) is 0.333. The van der Waals surface area contributed by atoms with E-state index in [-0.39, 0.29) is 6.61 Å². The fourth-order valence-corrected chi connectivity index (χ4v) is 0.267. The number of esters is 1. The summed E-state index contributed by atoms with van der Waals surface area (Å²) in [6, 6.07) is 1.10. The van der Waals surface area contributed by atoms with Gasteiger partial charge in [0.2, 0.25) is 0 Å². The molecule has 0 saturated carbocycles. The molecule has 54 valence electrons. The summed E-state index contributed by atoms with van der Waals surface area (Å²) in [6.07, 6.45) is -0.887. The number of carbonyl (C=O) groups is 1. The number of alkyl halides is 1. The molecule has 0 rings (SSSR count). The van der Waals surface area contributed by atoms with E-state index >= 15 is 0 Å². The zero-order chi connectivity index (χ0) is 7.98. The first-order valence-electron chi connectivity index (χ1n) is 2.53. The van der Waals surface area contributed by atoms with Gasteiger partial charge < -0.3 is 4.74 Å². The van der Waals surface area contributed by atoms with Crippen molar-refractivity contribution in [2.45, 2.75) is 6.17 Å². The van der Waals surface area contributed by atoms with Crippen LogP contribution in [-0.2, 0) is 9.53 Å². The smallest absolute Gasteiger partial charge is 0.356 e. The van der Waals surface area contributed by atoms with Crippen molar-refractivity contribution in [2.75, 3.05) is 6.61 Å². The van der Waals surface area contributed by atoms with Gasteiger partial charge in [-0.05, 0) is 0 Å². The van der Waals surface area contributed by atoms with Crippen LogP contribution in [-0.4, -0.2) is 18.7 Å². The third-order valence-corrected chi connectivity index (χ3v) is 0.664. The lowest BCUT2D eigenvalue weighted by molar-refractivity contribution is -0.146. The molecule has 0 spiro atoms. The summed E-state index contributed by atoms with van der Waals surface area (Å²) in [4.78, 5) is 10.3. The van der Waals surface area contributed by atoms with Crippen LogP contribution in [0.3, 0.4) is 0 Å². The Morgan fingerprint density at radius 1 is 2.00 bits per heavy atom. The summed E-state index contributed by atoms with van der Waals surface area (Å²) in [6.45, 7) is 3.17. The number of rotatable bonds is 3. The number of carbonyl (C=O) groups excluding carboxylic acids is 1. The van der Waals surface area contributed by atoms with Crippen molar-refractivity contribution in [3.8, 4) is 6.07 Å². The van der Waals surface area contributed by atoms with Gasteiger partial charge in [0.05, 0.1) is 0 Å². The number of ether oxygens (including phenoxy) is 1. The van der Waals surface area contributed by atoms with Crippen molar-refractivity contribution in [3.63, 3.8) is 0 Å². The second kappa shape index (κ2) is 4.50. The average Bonchev–Trinajstić information content (AvgIpc) is 1.98. The third kappa shape index (κ3) is 2.82. The van der Waals surface area contributed by atoms with Gasteiger partial charge in [-0.3, -0.25) is 0 Å². The number of hydrogen-bond donors (Lipinski definition) is 0. The van der Waals surface area contributed by atoms with Crippen LogP contribution in [0.1, 0.15) is 0 Å². The minimum atomic E-state index is -2.18. The number of halogens is 1. The molecule has 0 aromatic heterocycles. The predicted molar refractivity (Wildman–Crippen MR) is 31.7 cm³/mol. The molecule has 3 nitrogen and oxygen atoms in total. The summed E-state index contributed by atoms with van der Waals surface area (Å²) in [5.74, 6) is -1.16. The van der Waals surface area contributed by atoms with Crippen molar-refractivity contribution in [1.29, 1.82) is 5.26 Å². The van der Waals surface area contributed by atoms with Crippen LogP contribution in [0.2, 0.25) is 0 Å². The van der Waals surface area contributed by atoms with Crippen LogP contribution in [0, 0.1) is 11.3 Å². The Labute approximate surface area is 57.7 Å². The zero-order valence-electron chi connectivity index (χ0n) is 5.21. The van der Waals surface area contributed by atoms with Crippen molar-refractivity contribution >= 4 is 5.97 Å². The van der Waals surface area contributed by atoms with E-state index in [1.807, 2.05) is 0 Å². The molecule has 0 aliphatic rings. The van der Waals surface area contributed by atoms with E-state index in [1.54, 1.807) is 0 Å². The fourth-order valence-electron chi connectivity index (χ4n) is 0.267.